The molecule has 4 heteroatoms. The Hall–Kier alpha value is -1.52. The van der Waals surface area contributed by atoms with Crippen LogP contribution in [0, 0.1) is 0 Å². The molecule has 1 heterocycles. The maximum atomic E-state index is 9.64. The maximum Gasteiger partial charge on any atom is 0.141 e. The average molecular weight is 206 g/mol. The molecule has 1 unspecified atom stereocenters. The third kappa shape index (κ3) is 1.82. The number of aliphatic hydroxyl groups excluding tert-OH is 1. The molecule has 0 fully saturated rings. The lowest BCUT2D eigenvalue weighted by Crippen LogP contribution is -2.24. The molecule has 0 amide bonds. The highest BCUT2D eigenvalue weighted by Crippen LogP contribution is 2.26. The topological polar surface area (TPSA) is 71.4 Å². The van der Waals surface area contributed by atoms with Crippen molar-refractivity contribution in [2.45, 2.75) is 12.6 Å². The van der Waals surface area contributed by atoms with Crippen LogP contribution in [0.5, 0.6) is 5.75 Å². The van der Waals surface area contributed by atoms with Crippen LogP contribution in [0.2, 0.25) is 0 Å². The van der Waals surface area contributed by atoms with Gasteiger partial charge in [0.25, 0.3) is 0 Å². The average Bonchev–Trinajstić information content (AvgIpc) is 2.57. The number of fused-ring (bicyclic) bond motifs is 1. The fourth-order valence-corrected chi connectivity index (χ4v) is 1.68. The lowest BCUT2D eigenvalue weighted by Gasteiger charge is -2.09. The summed E-state index contributed by atoms with van der Waals surface area (Å²) in [7, 11) is 0. The summed E-state index contributed by atoms with van der Waals surface area (Å²) >= 11 is 0. The fraction of sp³-hybridized carbons (Fsp3) is 0.273. The van der Waals surface area contributed by atoms with E-state index in [1.807, 2.05) is 28.8 Å². The number of benzene rings is 1. The van der Waals surface area contributed by atoms with Crippen molar-refractivity contribution >= 4 is 10.9 Å². The van der Waals surface area contributed by atoms with Gasteiger partial charge in [0.15, 0.2) is 0 Å². The highest BCUT2D eigenvalue weighted by Gasteiger charge is 2.09. The number of rotatable bonds is 3. The Kier molecular flexibility index (Phi) is 2.62. The molecule has 80 valence electrons. The lowest BCUT2D eigenvalue weighted by molar-refractivity contribution is 0.163. The zero-order valence-electron chi connectivity index (χ0n) is 8.30. The lowest BCUT2D eigenvalue weighted by atomic mass is 10.2. The molecule has 0 aliphatic heterocycles. The van der Waals surface area contributed by atoms with E-state index in [2.05, 4.69) is 0 Å². The highest BCUT2D eigenvalue weighted by atomic mass is 16.3. The van der Waals surface area contributed by atoms with Crippen molar-refractivity contribution in [1.29, 1.82) is 0 Å². The number of nitrogens with two attached hydrogens (primary N) is 1. The second kappa shape index (κ2) is 3.92. The molecule has 0 bridgehead atoms. The van der Waals surface area contributed by atoms with Gasteiger partial charge in [0, 0.05) is 24.7 Å². The van der Waals surface area contributed by atoms with Crippen molar-refractivity contribution in [3.8, 4) is 5.75 Å². The zero-order chi connectivity index (χ0) is 10.8. The van der Waals surface area contributed by atoms with Crippen LogP contribution >= 0.6 is 0 Å². The van der Waals surface area contributed by atoms with Gasteiger partial charge in [-0.3, -0.25) is 0 Å². The van der Waals surface area contributed by atoms with E-state index >= 15 is 0 Å². The quantitative estimate of drug-likeness (QED) is 0.691. The molecule has 2 rings (SSSR count). The minimum absolute atomic E-state index is 0.216. The van der Waals surface area contributed by atoms with Crippen LogP contribution in [-0.2, 0) is 6.54 Å². The monoisotopic (exact) mass is 206 g/mol. The first-order chi connectivity index (χ1) is 7.22. The van der Waals surface area contributed by atoms with Gasteiger partial charge in [0.1, 0.15) is 5.75 Å². The predicted molar refractivity (Wildman–Crippen MR) is 58.7 cm³/mol. The van der Waals surface area contributed by atoms with Gasteiger partial charge in [0.2, 0.25) is 0 Å². The van der Waals surface area contributed by atoms with Crippen molar-refractivity contribution in [1.82, 2.24) is 4.57 Å². The Morgan fingerprint density at radius 3 is 2.80 bits per heavy atom. The third-order valence-corrected chi connectivity index (χ3v) is 2.45. The number of aliphatic hydroxyl groups is 1. The van der Waals surface area contributed by atoms with Crippen LogP contribution < -0.4 is 5.73 Å². The van der Waals surface area contributed by atoms with Gasteiger partial charge in [-0.2, -0.15) is 0 Å². The normalized spacial score (nSPS) is 13.2. The number of aromatic nitrogens is 1. The Labute approximate surface area is 87.6 Å². The van der Waals surface area contributed by atoms with Crippen molar-refractivity contribution in [3.63, 3.8) is 0 Å². The summed E-state index contributed by atoms with van der Waals surface area (Å²) in [6, 6.07) is 7.51. The van der Waals surface area contributed by atoms with Gasteiger partial charge >= 0.3 is 0 Å². The summed E-state index contributed by atoms with van der Waals surface area (Å²) in [4.78, 5) is 0. The molecule has 2 aromatic rings. The summed E-state index contributed by atoms with van der Waals surface area (Å²) in [5.41, 5.74) is 6.25. The molecule has 0 saturated carbocycles. The van der Waals surface area contributed by atoms with E-state index < -0.39 is 6.10 Å². The minimum atomic E-state index is -0.583. The Bertz CT molecular complexity index is 465. The number of hydrogen-bond acceptors (Lipinski definition) is 3. The second-order valence-corrected chi connectivity index (χ2v) is 3.57. The molecular weight excluding hydrogens is 192 g/mol. The predicted octanol–water partition coefficient (Wildman–Crippen LogP) is 0.666. The minimum Gasteiger partial charge on any atom is -0.506 e. The molecule has 0 spiro atoms. The van der Waals surface area contributed by atoms with E-state index in [-0.39, 0.29) is 12.3 Å². The Balaban J connectivity index is 2.43. The second-order valence-electron chi connectivity index (χ2n) is 3.57. The first-order valence-corrected chi connectivity index (χ1v) is 4.87. The van der Waals surface area contributed by atoms with Crippen LogP contribution in [0.3, 0.4) is 0 Å². The molecule has 0 aliphatic carbocycles. The molecule has 0 aliphatic rings. The van der Waals surface area contributed by atoms with E-state index in [1.165, 1.54) is 0 Å². The van der Waals surface area contributed by atoms with Gasteiger partial charge in [-0.05, 0) is 12.1 Å². The highest BCUT2D eigenvalue weighted by molar-refractivity contribution is 5.86. The van der Waals surface area contributed by atoms with Crippen LogP contribution in [0.4, 0.5) is 0 Å². The number of hydrogen-bond donors (Lipinski definition) is 3. The van der Waals surface area contributed by atoms with E-state index in [0.717, 1.165) is 10.9 Å². The smallest absolute Gasteiger partial charge is 0.141 e. The van der Waals surface area contributed by atoms with Gasteiger partial charge in [-0.25, -0.2) is 0 Å². The number of para-hydroxylation sites is 1. The van der Waals surface area contributed by atoms with Gasteiger partial charge in [-0.15, -0.1) is 0 Å². The van der Waals surface area contributed by atoms with Gasteiger partial charge in [-0.1, -0.05) is 12.1 Å². The van der Waals surface area contributed by atoms with Gasteiger partial charge < -0.3 is 20.5 Å². The molecule has 15 heavy (non-hydrogen) atoms. The molecule has 1 aromatic heterocycles. The first kappa shape index (κ1) is 10.0. The zero-order valence-corrected chi connectivity index (χ0v) is 8.30. The summed E-state index contributed by atoms with van der Waals surface area (Å²) in [6.45, 7) is 0.616. The fourth-order valence-electron chi connectivity index (χ4n) is 1.68. The maximum absolute atomic E-state index is 9.64. The molecular formula is C11H14N2O2. The molecule has 0 radical (unpaired) electrons. The van der Waals surface area contributed by atoms with Crippen molar-refractivity contribution in [2.24, 2.45) is 5.73 Å². The summed E-state index contributed by atoms with van der Waals surface area (Å²) in [5.74, 6) is 0.231. The molecule has 4 nitrogen and oxygen atoms in total. The van der Waals surface area contributed by atoms with Crippen molar-refractivity contribution in [2.75, 3.05) is 6.54 Å². The molecule has 1 atom stereocenters. The van der Waals surface area contributed by atoms with E-state index in [0.29, 0.717) is 6.54 Å². The van der Waals surface area contributed by atoms with E-state index in [4.69, 9.17) is 5.73 Å². The van der Waals surface area contributed by atoms with Crippen LogP contribution in [0.1, 0.15) is 0 Å². The van der Waals surface area contributed by atoms with Gasteiger partial charge in [0.05, 0.1) is 11.6 Å². The van der Waals surface area contributed by atoms with Crippen molar-refractivity contribution < 1.29 is 10.2 Å². The standard InChI is InChI=1S/C11H14N2O2/c12-5-8(14)6-13-7-11(15)9-3-1-2-4-10(9)13/h1-4,7-8,14-15H,5-6,12H2. The van der Waals surface area contributed by atoms with E-state index in [9.17, 15) is 10.2 Å². The first-order valence-electron chi connectivity index (χ1n) is 4.87. The van der Waals surface area contributed by atoms with Crippen LogP contribution in [-0.4, -0.2) is 27.4 Å². The van der Waals surface area contributed by atoms with Crippen LogP contribution in [0.15, 0.2) is 30.5 Å². The molecule has 0 saturated heterocycles. The van der Waals surface area contributed by atoms with E-state index in [1.54, 1.807) is 6.20 Å². The Morgan fingerprint density at radius 2 is 2.07 bits per heavy atom. The largest absolute Gasteiger partial charge is 0.506 e. The van der Waals surface area contributed by atoms with Crippen LogP contribution in [0.25, 0.3) is 10.9 Å². The summed E-state index contributed by atoms with van der Waals surface area (Å²) in [5, 5.41) is 19.9. The number of nitrogens with zero attached hydrogens (tertiary/aromatic N) is 1. The summed E-state index contributed by atoms with van der Waals surface area (Å²) in [6.07, 6.45) is 1.03. The Morgan fingerprint density at radius 1 is 1.33 bits per heavy atom. The SMILES string of the molecule is NCC(O)Cn1cc(O)c2ccccc21. The molecule has 4 N–H and O–H groups in total. The summed E-state index contributed by atoms with van der Waals surface area (Å²) < 4.78 is 1.81. The number of aromatic hydroxyl groups is 1. The molecule has 1 aromatic carbocycles. The van der Waals surface area contributed by atoms with Crippen molar-refractivity contribution in [3.05, 3.63) is 30.5 Å². The third-order valence-electron chi connectivity index (χ3n) is 2.45.